The number of piperazine rings is 1. The van der Waals surface area contributed by atoms with E-state index >= 15 is 0 Å². The van der Waals surface area contributed by atoms with Crippen LogP contribution in [0.25, 0.3) is 10.9 Å². The minimum atomic E-state index is 0.0749. The van der Waals surface area contributed by atoms with Crippen LogP contribution in [0, 0.1) is 0 Å². The maximum atomic E-state index is 12.9. The van der Waals surface area contributed by atoms with E-state index in [-0.39, 0.29) is 11.8 Å². The van der Waals surface area contributed by atoms with Gasteiger partial charge in [-0.1, -0.05) is 49.4 Å². The summed E-state index contributed by atoms with van der Waals surface area (Å²) in [6.45, 7) is 6.32. The summed E-state index contributed by atoms with van der Waals surface area (Å²) in [6, 6.07) is 23.8. The van der Waals surface area contributed by atoms with Crippen LogP contribution in [-0.2, 0) is 11.2 Å². The van der Waals surface area contributed by atoms with E-state index in [1.54, 1.807) is 4.90 Å². The first-order chi connectivity index (χ1) is 18.4. The first kappa shape index (κ1) is 25.7. The van der Waals surface area contributed by atoms with E-state index in [0.717, 1.165) is 60.4 Å². The molecule has 7 heteroatoms. The van der Waals surface area contributed by atoms with Gasteiger partial charge in [0.15, 0.2) is 5.88 Å². The summed E-state index contributed by atoms with van der Waals surface area (Å²) in [7, 11) is 3.93. The fourth-order valence-corrected chi connectivity index (χ4v) is 4.88. The lowest BCUT2D eigenvalue weighted by molar-refractivity contribution is -0.119. The Morgan fingerprint density at radius 3 is 2.39 bits per heavy atom. The molecule has 0 unspecified atom stereocenters. The number of benzene rings is 3. The molecule has 1 fully saturated rings. The molecule has 1 aliphatic heterocycles. The third-order valence-corrected chi connectivity index (χ3v) is 7.34. The smallest absolute Gasteiger partial charge is 0.240 e. The second-order valence-corrected chi connectivity index (χ2v) is 9.96. The number of aliphatic imine (C=N–C) groups is 1. The van der Waals surface area contributed by atoms with Crippen molar-refractivity contribution in [1.29, 1.82) is 0 Å². The highest BCUT2D eigenvalue weighted by Gasteiger charge is 2.21. The molecule has 2 heterocycles. The lowest BCUT2D eigenvalue weighted by Gasteiger charge is -2.32. The van der Waals surface area contributed by atoms with Gasteiger partial charge in [-0.05, 0) is 49.4 Å². The van der Waals surface area contributed by atoms with Gasteiger partial charge >= 0.3 is 0 Å². The third kappa shape index (κ3) is 5.49. The largest absolute Gasteiger partial charge is 0.494 e. The Morgan fingerprint density at radius 1 is 1.00 bits per heavy atom. The summed E-state index contributed by atoms with van der Waals surface area (Å²) in [5.41, 5.74) is 5.93. The number of aromatic amines is 1. The second kappa shape index (κ2) is 11.2. The second-order valence-electron chi connectivity index (χ2n) is 9.96. The van der Waals surface area contributed by atoms with Crippen LogP contribution in [0.15, 0.2) is 77.8 Å². The van der Waals surface area contributed by atoms with Gasteiger partial charge in [-0.15, -0.1) is 0 Å². The van der Waals surface area contributed by atoms with Crippen molar-refractivity contribution in [2.45, 2.75) is 13.3 Å². The zero-order valence-corrected chi connectivity index (χ0v) is 22.3. The minimum Gasteiger partial charge on any atom is -0.494 e. The number of anilines is 1. The minimum absolute atomic E-state index is 0.0749. The number of amides is 1. The highest BCUT2D eigenvalue weighted by molar-refractivity contribution is 6.21. The lowest BCUT2D eigenvalue weighted by atomic mass is 10.00. The number of nitrogens with zero attached hydrogens (tertiary/aromatic N) is 4. The van der Waals surface area contributed by atoms with E-state index in [4.69, 9.17) is 4.99 Å². The third-order valence-electron chi connectivity index (χ3n) is 7.34. The molecule has 0 spiro atoms. The molecule has 1 amide bonds. The summed E-state index contributed by atoms with van der Waals surface area (Å²) in [4.78, 5) is 27.2. The van der Waals surface area contributed by atoms with E-state index in [1.807, 2.05) is 67.7 Å². The molecule has 0 saturated carbocycles. The predicted molar refractivity (Wildman–Crippen MR) is 155 cm³/mol. The monoisotopic (exact) mass is 509 g/mol. The van der Waals surface area contributed by atoms with Gasteiger partial charge < -0.3 is 19.9 Å². The first-order valence-corrected chi connectivity index (χ1v) is 13.2. The van der Waals surface area contributed by atoms with Crippen molar-refractivity contribution < 1.29 is 9.90 Å². The molecule has 1 saturated heterocycles. The van der Waals surface area contributed by atoms with Crippen LogP contribution < -0.4 is 4.90 Å². The van der Waals surface area contributed by atoms with Crippen molar-refractivity contribution in [2.75, 3.05) is 51.7 Å². The molecule has 0 radical (unpaired) electrons. The molecule has 2 N–H and O–H groups in total. The Labute approximate surface area is 224 Å². The number of hydrogen-bond acceptors (Lipinski definition) is 5. The average molecular weight is 510 g/mol. The standard InChI is InChI=1S/C31H35N5O2/c1-4-22-10-15-26-27(20-22)33-31(38)29(26)30(23-8-6-5-7-9-23)32-24-11-13-25(14-12-24)35(3)28(37)21-36-18-16-34(2)17-19-36/h5-15,20,33,38H,4,16-19,21H2,1-3H3. The lowest BCUT2D eigenvalue weighted by Crippen LogP contribution is -2.48. The average Bonchev–Trinajstić information content (AvgIpc) is 3.27. The van der Waals surface area contributed by atoms with Crippen molar-refractivity contribution >= 4 is 33.9 Å². The number of fused-ring (bicyclic) bond motifs is 1. The number of carbonyl (C=O) groups is 1. The first-order valence-electron chi connectivity index (χ1n) is 13.2. The van der Waals surface area contributed by atoms with E-state index < -0.39 is 0 Å². The van der Waals surface area contributed by atoms with Crippen LogP contribution in [0.3, 0.4) is 0 Å². The van der Waals surface area contributed by atoms with Crippen LogP contribution in [0.2, 0.25) is 0 Å². The summed E-state index contributed by atoms with van der Waals surface area (Å²) in [6.07, 6.45) is 0.920. The Balaban J connectivity index is 1.43. The normalized spacial score (nSPS) is 15.2. The van der Waals surface area contributed by atoms with Gasteiger partial charge in [0.25, 0.3) is 0 Å². The summed E-state index contributed by atoms with van der Waals surface area (Å²) in [5.74, 6) is 0.174. The summed E-state index contributed by atoms with van der Waals surface area (Å²) < 4.78 is 0. The molecule has 3 aromatic carbocycles. The molecule has 0 aliphatic carbocycles. The van der Waals surface area contributed by atoms with Gasteiger partial charge in [-0.25, -0.2) is 4.99 Å². The van der Waals surface area contributed by atoms with Gasteiger partial charge in [0.2, 0.25) is 5.91 Å². The van der Waals surface area contributed by atoms with Crippen molar-refractivity contribution in [3.05, 3.63) is 89.5 Å². The Bertz CT molecular complexity index is 1430. The Morgan fingerprint density at radius 2 is 1.71 bits per heavy atom. The zero-order valence-electron chi connectivity index (χ0n) is 22.3. The van der Waals surface area contributed by atoms with E-state index in [0.29, 0.717) is 17.8 Å². The fraction of sp³-hybridized carbons (Fsp3) is 0.290. The number of likely N-dealkylation sites (N-methyl/N-ethyl adjacent to an activating group) is 2. The molecule has 5 rings (SSSR count). The van der Waals surface area contributed by atoms with Gasteiger partial charge in [0.05, 0.1) is 23.5 Å². The van der Waals surface area contributed by atoms with Crippen LogP contribution in [0.5, 0.6) is 5.88 Å². The number of nitrogens with one attached hydrogen (secondary N) is 1. The number of rotatable bonds is 7. The Kier molecular flexibility index (Phi) is 7.58. The molecule has 0 bridgehead atoms. The van der Waals surface area contributed by atoms with Crippen molar-refractivity contribution in [2.24, 2.45) is 4.99 Å². The molecule has 38 heavy (non-hydrogen) atoms. The molecule has 7 nitrogen and oxygen atoms in total. The molecule has 1 aromatic heterocycles. The summed E-state index contributed by atoms with van der Waals surface area (Å²) >= 11 is 0. The van der Waals surface area contributed by atoms with Crippen molar-refractivity contribution in [3.63, 3.8) is 0 Å². The van der Waals surface area contributed by atoms with Crippen LogP contribution in [0.1, 0.15) is 23.6 Å². The van der Waals surface area contributed by atoms with Gasteiger partial charge in [0, 0.05) is 55.4 Å². The highest BCUT2D eigenvalue weighted by atomic mass is 16.3. The van der Waals surface area contributed by atoms with E-state index in [9.17, 15) is 9.90 Å². The van der Waals surface area contributed by atoms with Gasteiger partial charge in [-0.3, -0.25) is 9.69 Å². The van der Waals surface area contributed by atoms with E-state index in [2.05, 4.69) is 40.9 Å². The number of H-pyrrole nitrogens is 1. The molecule has 4 aromatic rings. The van der Waals surface area contributed by atoms with E-state index in [1.165, 1.54) is 5.56 Å². The molecule has 196 valence electrons. The fourth-order valence-electron chi connectivity index (χ4n) is 4.88. The van der Waals surface area contributed by atoms with Crippen molar-refractivity contribution in [1.82, 2.24) is 14.8 Å². The van der Waals surface area contributed by atoms with Crippen LogP contribution >= 0.6 is 0 Å². The predicted octanol–water partition coefficient (Wildman–Crippen LogP) is 4.82. The topological polar surface area (TPSA) is 75.2 Å². The number of aryl methyl sites for hydroxylation is 1. The SMILES string of the molecule is CCc1ccc2c(C(=Nc3ccc(N(C)C(=O)CN4CCN(C)CC4)cc3)c3ccccc3)c(O)[nH]c2c1. The number of aromatic nitrogens is 1. The molecular formula is C31H35N5O2. The molecular weight excluding hydrogens is 474 g/mol. The summed E-state index contributed by atoms with van der Waals surface area (Å²) in [5, 5.41) is 11.9. The molecule has 1 aliphatic rings. The quantitative estimate of drug-likeness (QED) is 0.351. The maximum Gasteiger partial charge on any atom is 0.240 e. The van der Waals surface area contributed by atoms with Gasteiger partial charge in [0.1, 0.15) is 0 Å². The molecule has 0 atom stereocenters. The number of carbonyl (C=O) groups excluding carboxylic acids is 1. The van der Waals surface area contributed by atoms with Crippen LogP contribution in [-0.4, -0.2) is 78.3 Å². The Hall–Kier alpha value is -3.94. The number of aromatic hydroxyl groups is 1. The van der Waals surface area contributed by atoms with Crippen molar-refractivity contribution in [3.8, 4) is 5.88 Å². The maximum absolute atomic E-state index is 12.9. The van der Waals surface area contributed by atoms with Gasteiger partial charge in [-0.2, -0.15) is 0 Å². The number of hydrogen-bond donors (Lipinski definition) is 2. The zero-order chi connectivity index (χ0) is 26.6. The van der Waals surface area contributed by atoms with Crippen LogP contribution in [0.4, 0.5) is 11.4 Å². The highest BCUT2D eigenvalue weighted by Crippen LogP contribution is 2.32.